The molecule has 4 nitrogen and oxygen atoms in total. The number of carbonyl (C=O) groups is 1. The van der Waals surface area contributed by atoms with Gasteiger partial charge in [-0.3, -0.25) is 9.69 Å². The number of carbonyl (C=O) groups excluding carboxylic acids is 1. The molecule has 1 N–H and O–H groups in total. The van der Waals surface area contributed by atoms with Crippen LogP contribution in [0.15, 0.2) is 42.5 Å². The normalized spacial score (nSPS) is 19.2. The van der Waals surface area contributed by atoms with Crippen molar-refractivity contribution in [1.82, 2.24) is 4.90 Å². The van der Waals surface area contributed by atoms with Crippen molar-refractivity contribution in [3.8, 4) is 0 Å². The van der Waals surface area contributed by atoms with E-state index in [4.69, 9.17) is 27.9 Å². The molecule has 2 aromatic carbocycles. The highest BCUT2D eigenvalue weighted by Gasteiger charge is 2.29. The van der Waals surface area contributed by atoms with Crippen molar-refractivity contribution in [3.63, 3.8) is 0 Å². The zero-order valence-corrected chi connectivity index (χ0v) is 16.3. The first-order chi connectivity index (χ1) is 12.4. The van der Waals surface area contributed by atoms with E-state index in [9.17, 15) is 4.79 Å². The number of amides is 1. The van der Waals surface area contributed by atoms with Crippen LogP contribution in [0, 0.1) is 6.92 Å². The molecule has 0 saturated carbocycles. The summed E-state index contributed by atoms with van der Waals surface area (Å²) in [4.78, 5) is 14.8. The monoisotopic (exact) mass is 392 g/mol. The van der Waals surface area contributed by atoms with Gasteiger partial charge in [0.1, 0.15) is 0 Å². The smallest absolute Gasteiger partial charge is 0.241 e. The van der Waals surface area contributed by atoms with E-state index in [1.807, 2.05) is 50.2 Å². The van der Waals surface area contributed by atoms with Crippen LogP contribution in [-0.4, -0.2) is 36.5 Å². The highest BCUT2D eigenvalue weighted by atomic mass is 35.5. The van der Waals surface area contributed by atoms with Gasteiger partial charge in [0.15, 0.2) is 0 Å². The van der Waals surface area contributed by atoms with Gasteiger partial charge in [-0.1, -0.05) is 41.4 Å². The largest absolute Gasteiger partial charge is 0.371 e. The minimum atomic E-state index is -0.271. The van der Waals surface area contributed by atoms with Crippen LogP contribution in [0.3, 0.4) is 0 Å². The minimum absolute atomic E-state index is 0.0490. The Kier molecular flexibility index (Phi) is 6.20. The molecule has 1 amide bonds. The Labute approximate surface area is 164 Å². The first-order valence-corrected chi connectivity index (χ1v) is 9.38. The van der Waals surface area contributed by atoms with Crippen LogP contribution >= 0.6 is 23.2 Å². The third-order valence-electron chi connectivity index (χ3n) is 4.72. The molecule has 1 aliphatic rings. The van der Waals surface area contributed by atoms with Crippen molar-refractivity contribution in [2.75, 3.05) is 25.0 Å². The lowest BCUT2D eigenvalue weighted by Crippen LogP contribution is -2.48. The summed E-state index contributed by atoms with van der Waals surface area (Å²) in [6, 6.07) is 12.9. The van der Waals surface area contributed by atoms with Crippen LogP contribution in [0.2, 0.25) is 10.0 Å². The average Bonchev–Trinajstić information content (AvgIpc) is 2.64. The molecule has 1 aliphatic heterocycles. The number of nitrogens with zero attached hydrogens (tertiary/aromatic N) is 1. The van der Waals surface area contributed by atoms with Crippen molar-refractivity contribution in [3.05, 3.63) is 63.6 Å². The Bertz CT molecular complexity index is 780. The Morgan fingerprint density at radius 3 is 2.62 bits per heavy atom. The summed E-state index contributed by atoms with van der Waals surface area (Å²) < 4.78 is 5.88. The van der Waals surface area contributed by atoms with Crippen LogP contribution in [0.25, 0.3) is 0 Å². The maximum Gasteiger partial charge on any atom is 0.241 e. The molecule has 2 aromatic rings. The number of hydrogen-bond donors (Lipinski definition) is 1. The summed E-state index contributed by atoms with van der Waals surface area (Å²) in [6.07, 6.45) is -0.0656. The molecule has 0 aromatic heterocycles. The summed E-state index contributed by atoms with van der Waals surface area (Å²) in [6.45, 7) is 5.82. The Hall–Kier alpha value is -1.59. The van der Waals surface area contributed by atoms with Gasteiger partial charge in [-0.25, -0.2) is 0 Å². The number of nitrogens with one attached hydrogen (secondary N) is 1. The summed E-state index contributed by atoms with van der Waals surface area (Å²) in [7, 11) is 0. The Morgan fingerprint density at radius 2 is 1.88 bits per heavy atom. The van der Waals surface area contributed by atoms with Crippen molar-refractivity contribution in [1.29, 1.82) is 0 Å². The van der Waals surface area contributed by atoms with Gasteiger partial charge in [0.05, 0.1) is 18.8 Å². The highest BCUT2D eigenvalue weighted by Crippen LogP contribution is 2.25. The molecule has 0 radical (unpaired) electrons. The van der Waals surface area contributed by atoms with E-state index in [1.165, 1.54) is 0 Å². The van der Waals surface area contributed by atoms with Crippen molar-refractivity contribution in [2.45, 2.75) is 26.0 Å². The quantitative estimate of drug-likeness (QED) is 0.819. The lowest BCUT2D eigenvalue weighted by Gasteiger charge is -2.36. The third-order valence-corrected chi connectivity index (χ3v) is 5.21. The van der Waals surface area contributed by atoms with Gasteiger partial charge in [-0.2, -0.15) is 0 Å². The maximum absolute atomic E-state index is 12.7. The van der Waals surface area contributed by atoms with E-state index >= 15 is 0 Å². The maximum atomic E-state index is 12.7. The molecule has 0 spiro atoms. The number of hydrogen-bond acceptors (Lipinski definition) is 3. The summed E-state index contributed by atoms with van der Waals surface area (Å²) >= 11 is 12.0. The van der Waals surface area contributed by atoms with Gasteiger partial charge in [0.2, 0.25) is 5.91 Å². The number of rotatable bonds is 4. The molecule has 0 bridgehead atoms. The second kappa shape index (κ2) is 8.40. The fraction of sp³-hybridized carbons (Fsp3) is 0.350. The number of benzene rings is 2. The molecule has 138 valence electrons. The minimum Gasteiger partial charge on any atom is -0.371 e. The lowest BCUT2D eigenvalue weighted by atomic mass is 10.1. The highest BCUT2D eigenvalue weighted by molar-refractivity contribution is 6.31. The average molecular weight is 393 g/mol. The van der Waals surface area contributed by atoms with Crippen LogP contribution in [0.4, 0.5) is 5.69 Å². The Morgan fingerprint density at radius 1 is 1.19 bits per heavy atom. The molecular weight excluding hydrogens is 371 g/mol. The number of aryl methyl sites for hydroxylation is 1. The van der Waals surface area contributed by atoms with Gasteiger partial charge in [0.25, 0.3) is 0 Å². The van der Waals surface area contributed by atoms with Crippen LogP contribution in [0.1, 0.15) is 24.2 Å². The molecule has 1 saturated heterocycles. The van der Waals surface area contributed by atoms with E-state index < -0.39 is 0 Å². The molecule has 0 aliphatic carbocycles. The second-order valence-electron chi connectivity index (χ2n) is 6.53. The molecular formula is C20H22Cl2N2O2. The number of anilines is 1. The molecule has 6 heteroatoms. The van der Waals surface area contributed by atoms with E-state index in [0.717, 1.165) is 16.8 Å². The second-order valence-corrected chi connectivity index (χ2v) is 7.40. The topological polar surface area (TPSA) is 41.6 Å². The molecule has 3 rings (SSSR count). The van der Waals surface area contributed by atoms with E-state index in [-0.39, 0.29) is 18.1 Å². The van der Waals surface area contributed by atoms with Gasteiger partial charge >= 0.3 is 0 Å². The molecule has 26 heavy (non-hydrogen) atoms. The Balaban J connectivity index is 1.66. The van der Waals surface area contributed by atoms with Gasteiger partial charge in [-0.05, 0) is 49.2 Å². The first-order valence-electron chi connectivity index (χ1n) is 8.62. The van der Waals surface area contributed by atoms with Gasteiger partial charge in [-0.15, -0.1) is 0 Å². The standard InChI is InChI=1S/C20H22Cl2N2O2/c1-13-3-6-17(22)11-18(13)23-20(25)14(2)24-9-10-26-19(12-24)15-4-7-16(21)8-5-15/h3-8,11,14,19H,9-10,12H2,1-2H3,(H,23,25). The van der Waals surface area contributed by atoms with Gasteiger partial charge < -0.3 is 10.1 Å². The predicted octanol–water partition coefficient (Wildman–Crippen LogP) is 4.70. The number of morpholine rings is 1. The molecule has 2 atom stereocenters. The third kappa shape index (κ3) is 4.57. The van der Waals surface area contributed by atoms with E-state index in [1.54, 1.807) is 6.07 Å². The van der Waals surface area contributed by atoms with Crippen LogP contribution in [0.5, 0.6) is 0 Å². The number of halogens is 2. The van der Waals surface area contributed by atoms with E-state index in [0.29, 0.717) is 29.7 Å². The molecule has 1 heterocycles. The zero-order chi connectivity index (χ0) is 18.7. The number of ether oxygens (including phenoxy) is 1. The van der Waals surface area contributed by atoms with Crippen molar-refractivity contribution >= 4 is 34.8 Å². The first kappa shape index (κ1) is 19.2. The van der Waals surface area contributed by atoms with E-state index in [2.05, 4.69) is 10.2 Å². The van der Waals surface area contributed by atoms with Crippen molar-refractivity contribution < 1.29 is 9.53 Å². The van der Waals surface area contributed by atoms with Crippen LogP contribution < -0.4 is 5.32 Å². The summed E-state index contributed by atoms with van der Waals surface area (Å²) in [5.74, 6) is -0.0490. The molecule has 1 fully saturated rings. The molecule has 2 unspecified atom stereocenters. The van der Waals surface area contributed by atoms with Crippen molar-refractivity contribution in [2.24, 2.45) is 0 Å². The van der Waals surface area contributed by atoms with Gasteiger partial charge in [0, 0.05) is 28.8 Å². The summed E-state index contributed by atoms with van der Waals surface area (Å²) in [5, 5.41) is 4.29. The fourth-order valence-electron chi connectivity index (χ4n) is 3.03. The zero-order valence-electron chi connectivity index (χ0n) is 14.8. The lowest BCUT2D eigenvalue weighted by molar-refractivity contribution is -0.124. The van der Waals surface area contributed by atoms with Crippen LogP contribution in [-0.2, 0) is 9.53 Å². The SMILES string of the molecule is Cc1ccc(Cl)cc1NC(=O)C(C)N1CCOC(c2ccc(Cl)cc2)C1. The fourth-order valence-corrected chi connectivity index (χ4v) is 3.33. The predicted molar refractivity (Wildman–Crippen MR) is 106 cm³/mol. The summed E-state index contributed by atoms with van der Waals surface area (Å²) in [5.41, 5.74) is 2.80.